The van der Waals surface area contributed by atoms with Gasteiger partial charge in [0.15, 0.2) is 0 Å². The van der Waals surface area contributed by atoms with Gasteiger partial charge >= 0.3 is 6.16 Å². The van der Waals surface area contributed by atoms with E-state index in [9.17, 15) is 4.79 Å². The van der Waals surface area contributed by atoms with Gasteiger partial charge in [0, 0.05) is 3.57 Å². The molecule has 0 fully saturated rings. The van der Waals surface area contributed by atoms with Crippen LogP contribution in [-0.4, -0.2) is 11.8 Å². The first kappa shape index (κ1) is 12.3. The van der Waals surface area contributed by atoms with Crippen molar-refractivity contribution in [2.24, 2.45) is 0 Å². The molecule has 0 amide bonds. The van der Waals surface area contributed by atoms with Crippen LogP contribution in [0.2, 0.25) is 0 Å². The Morgan fingerprint density at radius 3 is 2.20 bits per heavy atom. The van der Waals surface area contributed by atoms with E-state index in [0.29, 0.717) is 5.75 Å². The molecule has 0 aliphatic heterocycles. The smallest absolute Gasteiger partial charge is 0.428 e. The molecule has 1 aromatic rings. The van der Waals surface area contributed by atoms with Crippen LogP contribution in [0.25, 0.3) is 0 Å². The van der Waals surface area contributed by atoms with Gasteiger partial charge in [-0.1, -0.05) is 0 Å². The van der Waals surface area contributed by atoms with Crippen LogP contribution >= 0.6 is 22.6 Å². The highest BCUT2D eigenvalue weighted by atomic mass is 127. The fourth-order valence-electron chi connectivity index (χ4n) is 0.870. The van der Waals surface area contributed by atoms with E-state index in [1.54, 1.807) is 32.9 Å². The van der Waals surface area contributed by atoms with Crippen molar-refractivity contribution in [1.82, 2.24) is 0 Å². The predicted molar refractivity (Wildman–Crippen MR) is 66.0 cm³/mol. The molecule has 0 spiro atoms. The second-order valence-corrected chi connectivity index (χ2v) is 5.27. The molecular weight excluding hydrogens is 307 g/mol. The van der Waals surface area contributed by atoms with Gasteiger partial charge in [-0.2, -0.15) is 0 Å². The Bertz CT molecular complexity index is 338. The van der Waals surface area contributed by atoms with Crippen molar-refractivity contribution in [1.29, 1.82) is 0 Å². The first-order valence-electron chi connectivity index (χ1n) is 4.53. The van der Waals surface area contributed by atoms with Crippen LogP contribution < -0.4 is 4.74 Å². The van der Waals surface area contributed by atoms with Gasteiger partial charge in [-0.05, 0) is 67.6 Å². The summed E-state index contributed by atoms with van der Waals surface area (Å²) in [6, 6.07) is 7.18. The third-order valence-electron chi connectivity index (χ3n) is 1.40. The second kappa shape index (κ2) is 4.83. The standard InChI is InChI=1S/C11H13IO3/c1-11(2,3)15-10(13)14-9-6-4-8(12)5-7-9/h4-7H,1-3H3. The van der Waals surface area contributed by atoms with Crippen molar-refractivity contribution in [2.45, 2.75) is 26.4 Å². The Hall–Kier alpha value is -0.780. The molecule has 0 aliphatic carbocycles. The summed E-state index contributed by atoms with van der Waals surface area (Å²) in [6.45, 7) is 5.38. The lowest BCUT2D eigenvalue weighted by atomic mass is 10.2. The molecule has 0 saturated carbocycles. The SMILES string of the molecule is CC(C)(C)OC(=O)Oc1ccc(I)cc1. The third-order valence-corrected chi connectivity index (χ3v) is 2.12. The van der Waals surface area contributed by atoms with Gasteiger partial charge in [0.25, 0.3) is 0 Å². The highest BCUT2D eigenvalue weighted by Gasteiger charge is 2.17. The van der Waals surface area contributed by atoms with Crippen LogP contribution in [0.5, 0.6) is 5.75 Å². The van der Waals surface area contributed by atoms with Crippen LogP contribution in [-0.2, 0) is 4.74 Å². The van der Waals surface area contributed by atoms with Crippen molar-refractivity contribution in [3.05, 3.63) is 27.8 Å². The van der Waals surface area contributed by atoms with Gasteiger partial charge in [0.2, 0.25) is 0 Å². The Balaban J connectivity index is 2.55. The van der Waals surface area contributed by atoms with Crippen LogP contribution in [0.3, 0.4) is 0 Å². The van der Waals surface area contributed by atoms with Crippen LogP contribution in [0.4, 0.5) is 4.79 Å². The highest BCUT2D eigenvalue weighted by molar-refractivity contribution is 14.1. The lowest BCUT2D eigenvalue weighted by molar-refractivity contribution is 0.0206. The van der Waals surface area contributed by atoms with Gasteiger partial charge in [-0.3, -0.25) is 0 Å². The number of halogens is 1. The molecular formula is C11H13IO3. The lowest BCUT2D eigenvalue weighted by Gasteiger charge is -2.18. The summed E-state index contributed by atoms with van der Waals surface area (Å²) in [7, 11) is 0. The number of ether oxygens (including phenoxy) is 2. The Morgan fingerprint density at radius 1 is 1.20 bits per heavy atom. The second-order valence-electron chi connectivity index (χ2n) is 4.02. The maximum atomic E-state index is 11.3. The first-order chi connectivity index (χ1) is 6.87. The summed E-state index contributed by atoms with van der Waals surface area (Å²) in [5, 5.41) is 0. The molecule has 0 saturated heterocycles. The number of hydrogen-bond acceptors (Lipinski definition) is 3. The predicted octanol–water partition coefficient (Wildman–Crippen LogP) is 3.61. The highest BCUT2D eigenvalue weighted by Crippen LogP contribution is 2.15. The minimum absolute atomic E-state index is 0.490. The minimum Gasteiger partial charge on any atom is -0.428 e. The molecule has 0 atom stereocenters. The molecule has 0 bridgehead atoms. The molecule has 1 aromatic carbocycles. The van der Waals surface area contributed by atoms with E-state index in [2.05, 4.69) is 22.6 Å². The average molecular weight is 320 g/mol. The maximum Gasteiger partial charge on any atom is 0.514 e. The first-order valence-corrected chi connectivity index (χ1v) is 5.61. The van der Waals surface area contributed by atoms with Crippen molar-refractivity contribution < 1.29 is 14.3 Å². The van der Waals surface area contributed by atoms with E-state index in [1.807, 2.05) is 12.1 Å². The molecule has 0 heterocycles. The molecule has 0 aromatic heterocycles. The topological polar surface area (TPSA) is 35.5 Å². The Labute approximate surface area is 103 Å². The van der Waals surface area contributed by atoms with E-state index < -0.39 is 11.8 Å². The van der Waals surface area contributed by atoms with Crippen LogP contribution in [0.1, 0.15) is 20.8 Å². The van der Waals surface area contributed by atoms with E-state index in [-0.39, 0.29) is 0 Å². The zero-order valence-corrected chi connectivity index (χ0v) is 11.1. The number of hydrogen-bond donors (Lipinski definition) is 0. The number of benzene rings is 1. The van der Waals surface area contributed by atoms with Gasteiger partial charge in [-0.15, -0.1) is 0 Å². The summed E-state index contributed by atoms with van der Waals surface area (Å²) < 4.78 is 11.1. The summed E-state index contributed by atoms with van der Waals surface area (Å²) in [5.74, 6) is 0.490. The van der Waals surface area contributed by atoms with Crippen LogP contribution in [0.15, 0.2) is 24.3 Å². The number of carbonyl (C=O) groups is 1. The Kier molecular flexibility index (Phi) is 3.96. The van der Waals surface area contributed by atoms with E-state index in [0.717, 1.165) is 3.57 Å². The molecule has 0 radical (unpaired) electrons. The zero-order chi connectivity index (χ0) is 11.5. The fraction of sp³-hybridized carbons (Fsp3) is 0.364. The maximum absolute atomic E-state index is 11.3. The molecule has 0 aliphatic rings. The van der Waals surface area contributed by atoms with Crippen molar-refractivity contribution >= 4 is 28.7 Å². The molecule has 1 rings (SSSR count). The molecule has 0 unspecified atom stereocenters. The molecule has 4 heteroatoms. The van der Waals surface area contributed by atoms with Gasteiger partial charge < -0.3 is 9.47 Å². The number of carbonyl (C=O) groups excluding carboxylic acids is 1. The third kappa shape index (κ3) is 5.01. The average Bonchev–Trinajstić information content (AvgIpc) is 2.05. The molecule has 82 valence electrons. The van der Waals surface area contributed by atoms with E-state index in [4.69, 9.17) is 9.47 Å². The summed E-state index contributed by atoms with van der Waals surface area (Å²) in [5.41, 5.74) is -0.527. The largest absolute Gasteiger partial charge is 0.514 e. The van der Waals surface area contributed by atoms with Crippen molar-refractivity contribution in [3.63, 3.8) is 0 Å². The monoisotopic (exact) mass is 320 g/mol. The Morgan fingerprint density at radius 2 is 1.73 bits per heavy atom. The molecule has 3 nitrogen and oxygen atoms in total. The van der Waals surface area contributed by atoms with Gasteiger partial charge in [0.1, 0.15) is 11.4 Å². The quantitative estimate of drug-likeness (QED) is 0.450. The van der Waals surface area contributed by atoms with Gasteiger partial charge in [-0.25, -0.2) is 4.79 Å². The summed E-state index contributed by atoms with van der Waals surface area (Å²) in [4.78, 5) is 11.3. The summed E-state index contributed by atoms with van der Waals surface area (Å²) in [6.07, 6.45) is -0.677. The van der Waals surface area contributed by atoms with Crippen LogP contribution in [0, 0.1) is 3.57 Å². The minimum atomic E-state index is -0.677. The van der Waals surface area contributed by atoms with Gasteiger partial charge in [0.05, 0.1) is 0 Å². The van der Waals surface area contributed by atoms with Crippen molar-refractivity contribution in [3.8, 4) is 5.75 Å². The zero-order valence-electron chi connectivity index (χ0n) is 8.91. The molecule has 15 heavy (non-hydrogen) atoms. The van der Waals surface area contributed by atoms with E-state index in [1.165, 1.54) is 0 Å². The normalized spacial score (nSPS) is 10.9. The summed E-state index contributed by atoms with van der Waals surface area (Å²) >= 11 is 2.18. The van der Waals surface area contributed by atoms with Crippen molar-refractivity contribution in [2.75, 3.05) is 0 Å². The molecule has 0 N–H and O–H groups in total. The fourth-order valence-corrected chi connectivity index (χ4v) is 1.23. The number of rotatable bonds is 1. The van der Waals surface area contributed by atoms with E-state index >= 15 is 0 Å². The lowest BCUT2D eigenvalue weighted by Crippen LogP contribution is -2.25.